The molecule has 27 heavy (non-hydrogen) atoms. The number of aromatic nitrogens is 1. The van der Waals surface area contributed by atoms with Crippen molar-refractivity contribution < 1.29 is 14.5 Å². The number of aliphatic imine (C=N–C) groups is 1. The molecule has 0 spiro atoms. The van der Waals surface area contributed by atoms with Crippen molar-refractivity contribution in [2.24, 2.45) is 16.5 Å². The van der Waals surface area contributed by atoms with Crippen molar-refractivity contribution in [3.05, 3.63) is 58.9 Å². The van der Waals surface area contributed by atoms with Crippen LogP contribution in [0.25, 0.3) is 0 Å². The highest BCUT2D eigenvalue weighted by Gasteiger charge is 2.36. The van der Waals surface area contributed by atoms with Gasteiger partial charge >= 0.3 is 7.12 Å². The topological polar surface area (TPSA) is 124 Å². The van der Waals surface area contributed by atoms with E-state index in [1.54, 1.807) is 12.4 Å². The first-order valence-electron chi connectivity index (χ1n) is 8.85. The molecule has 0 radical (unpaired) electrons. The Morgan fingerprint density at radius 2 is 2.15 bits per heavy atom. The number of nitrogens with two attached hydrogens (primary N) is 2. The molecule has 1 aromatic carbocycles. The maximum absolute atomic E-state index is 12.5. The minimum Gasteiger partial charge on any atom is -0.536 e. The first-order valence-corrected chi connectivity index (χ1v) is 8.85. The Morgan fingerprint density at radius 3 is 2.93 bits per heavy atom. The van der Waals surface area contributed by atoms with Crippen molar-refractivity contribution in [1.82, 2.24) is 4.98 Å². The first kappa shape index (κ1) is 18.9. The Morgan fingerprint density at radius 1 is 1.37 bits per heavy atom. The smallest absolute Gasteiger partial charge is 0.526 e. The molecule has 1 aromatic heterocycles. The predicted molar refractivity (Wildman–Crippen MR) is 104 cm³/mol. The van der Waals surface area contributed by atoms with Crippen molar-refractivity contribution in [2.75, 3.05) is 0 Å². The number of hydrogen-bond donors (Lipinski definition) is 3. The molecule has 140 valence electrons. The molecule has 1 aliphatic heterocycles. The van der Waals surface area contributed by atoms with E-state index in [4.69, 9.17) is 16.1 Å². The number of benzene rings is 1. The molecule has 2 heterocycles. The number of pyridine rings is 1. The van der Waals surface area contributed by atoms with Gasteiger partial charge in [0.2, 0.25) is 0 Å². The maximum Gasteiger partial charge on any atom is 0.526 e. The molecule has 2 aromatic rings. The van der Waals surface area contributed by atoms with Crippen molar-refractivity contribution >= 4 is 18.9 Å². The van der Waals surface area contributed by atoms with Gasteiger partial charge in [-0.05, 0) is 35.6 Å². The molecule has 1 unspecified atom stereocenters. The zero-order chi connectivity index (χ0) is 19.4. The second kappa shape index (κ2) is 8.22. The third kappa shape index (κ3) is 4.86. The van der Waals surface area contributed by atoms with Gasteiger partial charge in [0.1, 0.15) is 11.5 Å². The molecule has 8 heteroatoms. The second-order valence-corrected chi connectivity index (χ2v) is 6.90. The monoisotopic (exact) mass is 366 g/mol. The normalized spacial score (nSPS) is 15.6. The van der Waals surface area contributed by atoms with Gasteiger partial charge in [0.15, 0.2) is 5.96 Å². The van der Waals surface area contributed by atoms with E-state index in [9.17, 15) is 9.82 Å². The van der Waals surface area contributed by atoms with Crippen LogP contribution in [0.3, 0.4) is 0 Å². The van der Waals surface area contributed by atoms with Crippen LogP contribution >= 0.6 is 0 Å². The van der Waals surface area contributed by atoms with Crippen LogP contribution in [-0.2, 0) is 24.2 Å². The number of para-hydroxylation sites is 1. The number of hydrogen-bond acceptors (Lipinski definition) is 5. The number of carbonyl (C=O) groups excluding carboxylic acids is 1. The summed E-state index contributed by atoms with van der Waals surface area (Å²) in [4.78, 5) is 20.6. The Kier molecular flexibility index (Phi) is 5.76. The minimum absolute atomic E-state index is 0.0123. The standard InChI is InChI=1S/C19H23BN4O3/c1-12-3-2-4-15-7-16(20(26)27-18(12)15)8-17(25)6-13-5-14(10-23-9-13)11-24-19(21)22/h2-5,9-10,16,26H,6-8,11H2,1H3,(H4,21,22,24). The Bertz CT molecular complexity index is 868. The van der Waals surface area contributed by atoms with Gasteiger partial charge in [-0.25, -0.2) is 4.99 Å². The SMILES string of the molecule is Cc1cccc2c1OB(O)C(CC(=O)Cc1cncc(CN=C(N)N)c1)C2. The minimum atomic E-state index is -0.978. The molecular formula is C19H23BN4O3. The number of rotatable bonds is 6. The van der Waals surface area contributed by atoms with E-state index < -0.39 is 7.12 Å². The van der Waals surface area contributed by atoms with Crippen LogP contribution in [0.4, 0.5) is 0 Å². The summed E-state index contributed by atoms with van der Waals surface area (Å²) in [5.74, 6) is 0.507. The second-order valence-electron chi connectivity index (χ2n) is 6.90. The van der Waals surface area contributed by atoms with E-state index in [1.807, 2.05) is 31.2 Å². The van der Waals surface area contributed by atoms with Gasteiger partial charge in [0.25, 0.3) is 0 Å². The summed E-state index contributed by atoms with van der Waals surface area (Å²) in [6.45, 7) is 2.27. The van der Waals surface area contributed by atoms with Gasteiger partial charge in [0, 0.05) is 31.1 Å². The molecule has 1 atom stereocenters. The van der Waals surface area contributed by atoms with E-state index in [1.165, 1.54) is 0 Å². The Labute approximate surface area is 158 Å². The van der Waals surface area contributed by atoms with Crippen molar-refractivity contribution in [2.45, 2.75) is 38.5 Å². The van der Waals surface area contributed by atoms with E-state index in [0.717, 1.165) is 28.0 Å². The van der Waals surface area contributed by atoms with Gasteiger partial charge in [-0.15, -0.1) is 0 Å². The number of guanidine groups is 1. The molecule has 0 fully saturated rings. The van der Waals surface area contributed by atoms with Crippen LogP contribution in [0.1, 0.15) is 28.7 Å². The highest BCUT2D eigenvalue weighted by atomic mass is 16.5. The number of ketones is 1. The largest absolute Gasteiger partial charge is 0.536 e. The van der Waals surface area contributed by atoms with Gasteiger partial charge in [-0.3, -0.25) is 9.78 Å². The van der Waals surface area contributed by atoms with Gasteiger partial charge in [-0.1, -0.05) is 24.3 Å². The average molecular weight is 366 g/mol. The number of Topliss-reactive ketones (excluding diaryl/α,β-unsaturated/α-hetero) is 1. The fourth-order valence-corrected chi connectivity index (χ4v) is 3.32. The highest BCUT2D eigenvalue weighted by Crippen LogP contribution is 2.35. The first-order chi connectivity index (χ1) is 12.9. The van der Waals surface area contributed by atoms with E-state index in [0.29, 0.717) is 13.0 Å². The van der Waals surface area contributed by atoms with Crippen LogP contribution in [-0.4, -0.2) is 28.9 Å². The third-order valence-corrected chi connectivity index (χ3v) is 4.60. The fraction of sp³-hybridized carbons (Fsp3) is 0.316. The lowest BCUT2D eigenvalue weighted by Gasteiger charge is -2.28. The zero-order valence-electron chi connectivity index (χ0n) is 15.3. The van der Waals surface area contributed by atoms with Gasteiger partial charge < -0.3 is 21.1 Å². The van der Waals surface area contributed by atoms with Gasteiger partial charge in [0.05, 0.1) is 6.54 Å². The van der Waals surface area contributed by atoms with Crippen LogP contribution < -0.4 is 16.1 Å². The molecule has 0 aliphatic carbocycles. The summed E-state index contributed by atoms with van der Waals surface area (Å²) in [6, 6.07) is 7.74. The average Bonchev–Trinajstić information content (AvgIpc) is 2.62. The van der Waals surface area contributed by atoms with E-state index >= 15 is 0 Å². The molecule has 5 N–H and O–H groups in total. The number of nitrogens with zero attached hydrogens (tertiary/aromatic N) is 2. The van der Waals surface area contributed by atoms with Crippen molar-refractivity contribution in [3.8, 4) is 5.75 Å². The van der Waals surface area contributed by atoms with E-state index in [-0.39, 0.29) is 30.4 Å². The zero-order valence-corrected chi connectivity index (χ0v) is 15.3. The molecule has 1 aliphatic rings. The molecule has 0 amide bonds. The summed E-state index contributed by atoms with van der Waals surface area (Å²) >= 11 is 0. The van der Waals surface area contributed by atoms with Crippen molar-refractivity contribution in [1.29, 1.82) is 0 Å². The predicted octanol–water partition coefficient (Wildman–Crippen LogP) is 1.15. The number of aryl methyl sites for hydroxylation is 1. The third-order valence-electron chi connectivity index (χ3n) is 4.60. The lowest BCUT2D eigenvalue weighted by atomic mass is 9.64. The van der Waals surface area contributed by atoms with Crippen LogP contribution in [0.15, 0.2) is 41.7 Å². The quantitative estimate of drug-likeness (QED) is 0.400. The molecule has 3 rings (SSSR count). The lowest BCUT2D eigenvalue weighted by molar-refractivity contribution is -0.118. The lowest BCUT2D eigenvalue weighted by Crippen LogP contribution is -2.35. The van der Waals surface area contributed by atoms with Crippen LogP contribution in [0.2, 0.25) is 5.82 Å². The molecule has 0 bridgehead atoms. The molecule has 0 saturated carbocycles. The van der Waals surface area contributed by atoms with Crippen molar-refractivity contribution in [3.63, 3.8) is 0 Å². The maximum atomic E-state index is 12.5. The Hall–Kier alpha value is -2.87. The Balaban J connectivity index is 1.63. The molecule has 7 nitrogen and oxygen atoms in total. The number of fused-ring (bicyclic) bond motifs is 1. The molecule has 0 saturated heterocycles. The summed E-state index contributed by atoms with van der Waals surface area (Å²) in [5, 5.41) is 10.3. The summed E-state index contributed by atoms with van der Waals surface area (Å²) in [7, 11) is -0.978. The summed E-state index contributed by atoms with van der Waals surface area (Å²) < 4.78 is 5.65. The van der Waals surface area contributed by atoms with Crippen LogP contribution in [0.5, 0.6) is 5.75 Å². The van der Waals surface area contributed by atoms with Crippen LogP contribution in [0, 0.1) is 6.92 Å². The summed E-state index contributed by atoms with van der Waals surface area (Å²) in [6.07, 6.45) is 4.42. The van der Waals surface area contributed by atoms with Gasteiger partial charge in [-0.2, -0.15) is 0 Å². The van der Waals surface area contributed by atoms with E-state index in [2.05, 4.69) is 9.98 Å². The number of carbonyl (C=O) groups is 1. The highest BCUT2D eigenvalue weighted by molar-refractivity contribution is 6.46. The fourth-order valence-electron chi connectivity index (χ4n) is 3.32. The molecular weight excluding hydrogens is 343 g/mol. The summed E-state index contributed by atoms with van der Waals surface area (Å²) in [5.41, 5.74) is 14.3.